The van der Waals surface area contributed by atoms with E-state index < -0.39 is 28.9 Å². The maximum atomic E-state index is 15.6. The van der Waals surface area contributed by atoms with Crippen molar-refractivity contribution in [3.8, 4) is 44.5 Å². The molecule has 0 aromatic heterocycles. The molecule has 0 spiro atoms. The van der Waals surface area contributed by atoms with Crippen LogP contribution in [0.2, 0.25) is 0 Å². The number of benzene rings is 7. The predicted octanol–water partition coefficient (Wildman–Crippen LogP) is 12.5. The third-order valence-electron chi connectivity index (χ3n) is 9.14. The highest BCUT2D eigenvalue weighted by molar-refractivity contribution is 6.18. The van der Waals surface area contributed by atoms with Gasteiger partial charge < -0.3 is 0 Å². The third kappa shape index (κ3) is 4.24. The molecule has 230 valence electrons. The van der Waals surface area contributed by atoms with Crippen molar-refractivity contribution in [3.05, 3.63) is 157 Å². The van der Waals surface area contributed by atoms with Crippen LogP contribution in [0.3, 0.4) is 0 Å². The van der Waals surface area contributed by atoms with Crippen LogP contribution in [-0.2, 0) is 11.8 Å². The lowest BCUT2D eigenvalue weighted by molar-refractivity contribution is -0.301. The zero-order valence-corrected chi connectivity index (χ0v) is 24.6. The highest BCUT2D eigenvalue weighted by atomic mass is 19.3. The normalized spacial score (nSPS) is 16.0. The summed E-state index contributed by atoms with van der Waals surface area (Å²) in [6.07, 6.45) is 0. The van der Waals surface area contributed by atoms with Gasteiger partial charge in [0.25, 0.3) is 0 Å². The minimum absolute atomic E-state index is 0.190. The van der Waals surface area contributed by atoms with Gasteiger partial charge in [0.05, 0.1) is 0 Å². The first kappa shape index (κ1) is 29.1. The van der Waals surface area contributed by atoms with Crippen LogP contribution in [0, 0.1) is 0 Å². The molecule has 0 bridgehead atoms. The van der Waals surface area contributed by atoms with E-state index in [-0.39, 0.29) is 21.5 Å². The summed E-state index contributed by atoms with van der Waals surface area (Å²) in [6, 6.07) is 43.2. The average Bonchev–Trinajstić information content (AvgIpc) is 3.22. The molecule has 0 aliphatic heterocycles. The largest absolute Gasteiger partial charge is 0.380 e. The molecule has 0 saturated carbocycles. The molecule has 0 N–H and O–H groups in total. The van der Waals surface area contributed by atoms with Crippen molar-refractivity contribution in [2.45, 2.75) is 17.8 Å². The standard InChI is InChI=1S/C41H24F6/c42-39(43)37-33-21-20-30(29-16-7-14-27(22-29)25-10-3-1-4-11-25)24-35(33)36-32(18-9-19-34(36)38(37)40(44,45)41(39,46)47)31-17-8-15-28(23-31)26-12-5-2-6-13-26/h1-24H. The number of hydrogen-bond donors (Lipinski definition) is 0. The summed E-state index contributed by atoms with van der Waals surface area (Å²) in [4.78, 5) is 0. The van der Waals surface area contributed by atoms with Gasteiger partial charge in [-0.05, 0) is 84.3 Å². The Morgan fingerprint density at radius 2 is 0.766 bits per heavy atom. The van der Waals surface area contributed by atoms with Crippen molar-refractivity contribution in [1.82, 2.24) is 0 Å². The molecule has 7 aromatic carbocycles. The fourth-order valence-corrected chi connectivity index (χ4v) is 6.88. The van der Waals surface area contributed by atoms with Gasteiger partial charge in [0.2, 0.25) is 0 Å². The predicted molar refractivity (Wildman–Crippen MR) is 176 cm³/mol. The summed E-state index contributed by atoms with van der Waals surface area (Å²) < 4.78 is 92.5. The minimum Gasteiger partial charge on any atom is -0.194 e. The van der Waals surface area contributed by atoms with Gasteiger partial charge in [-0.2, -0.15) is 26.3 Å². The van der Waals surface area contributed by atoms with E-state index in [9.17, 15) is 0 Å². The Bertz CT molecular complexity index is 2330. The second-order valence-corrected chi connectivity index (χ2v) is 11.9. The quantitative estimate of drug-likeness (QED) is 0.134. The first-order chi connectivity index (χ1) is 22.6. The Kier molecular flexibility index (Phi) is 6.39. The van der Waals surface area contributed by atoms with Crippen LogP contribution in [-0.4, -0.2) is 5.92 Å². The lowest BCUT2D eigenvalue weighted by Crippen LogP contribution is -2.43. The molecule has 8 rings (SSSR count). The highest BCUT2D eigenvalue weighted by Gasteiger charge is 2.80. The van der Waals surface area contributed by atoms with Gasteiger partial charge in [-0.25, -0.2) is 0 Å². The van der Waals surface area contributed by atoms with Crippen LogP contribution in [0.5, 0.6) is 0 Å². The third-order valence-corrected chi connectivity index (χ3v) is 9.14. The monoisotopic (exact) mass is 630 g/mol. The van der Waals surface area contributed by atoms with E-state index in [0.717, 1.165) is 27.8 Å². The average molecular weight is 631 g/mol. The topological polar surface area (TPSA) is 0 Å². The van der Waals surface area contributed by atoms with Crippen LogP contribution in [0.15, 0.2) is 146 Å². The molecular formula is C41H24F6. The van der Waals surface area contributed by atoms with E-state index in [1.54, 1.807) is 18.2 Å². The summed E-state index contributed by atoms with van der Waals surface area (Å²) in [5.74, 6) is -15.8. The maximum Gasteiger partial charge on any atom is 0.380 e. The lowest BCUT2D eigenvalue weighted by atomic mass is 9.86. The van der Waals surface area contributed by atoms with Crippen LogP contribution in [0.1, 0.15) is 11.1 Å². The molecule has 0 radical (unpaired) electrons. The molecule has 0 saturated heterocycles. The zero-order valence-electron chi connectivity index (χ0n) is 24.6. The van der Waals surface area contributed by atoms with Crippen molar-refractivity contribution >= 4 is 21.5 Å². The Balaban J connectivity index is 1.45. The van der Waals surface area contributed by atoms with Gasteiger partial charge in [-0.15, -0.1) is 0 Å². The van der Waals surface area contributed by atoms with E-state index in [1.165, 1.54) is 24.3 Å². The second-order valence-electron chi connectivity index (χ2n) is 11.9. The summed E-state index contributed by atoms with van der Waals surface area (Å²) in [6.45, 7) is 0. The summed E-state index contributed by atoms with van der Waals surface area (Å²) >= 11 is 0. The summed E-state index contributed by atoms with van der Waals surface area (Å²) in [5, 5.41) is -0.257. The highest BCUT2D eigenvalue weighted by Crippen LogP contribution is 2.66. The Morgan fingerprint density at radius 1 is 0.319 bits per heavy atom. The molecule has 0 heterocycles. The molecular weight excluding hydrogens is 606 g/mol. The maximum absolute atomic E-state index is 15.6. The fraction of sp³-hybridized carbons (Fsp3) is 0.0732. The Labute approximate surface area is 266 Å². The van der Waals surface area contributed by atoms with Crippen molar-refractivity contribution < 1.29 is 26.3 Å². The van der Waals surface area contributed by atoms with Gasteiger partial charge in [0.1, 0.15) is 0 Å². The Morgan fingerprint density at radius 3 is 1.36 bits per heavy atom. The van der Waals surface area contributed by atoms with Gasteiger partial charge >= 0.3 is 17.8 Å². The van der Waals surface area contributed by atoms with Gasteiger partial charge in [-0.3, -0.25) is 0 Å². The SMILES string of the molecule is FC1(F)c2c(c3cccc(-c4cccc(-c5ccccc5)c4)c3c3cc(-c4cccc(-c5ccccc5)c4)ccc23)C(F)(F)C1(F)F. The van der Waals surface area contributed by atoms with Crippen LogP contribution >= 0.6 is 0 Å². The van der Waals surface area contributed by atoms with Crippen LogP contribution in [0.25, 0.3) is 66.1 Å². The molecule has 0 atom stereocenters. The first-order valence-corrected chi connectivity index (χ1v) is 15.1. The van der Waals surface area contributed by atoms with Crippen molar-refractivity contribution in [2.75, 3.05) is 0 Å². The molecule has 7 aromatic rings. The molecule has 0 nitrogen and oxygen atoms in total. The smallest absolute Gasteiger partial charge is 0.194 e. The number of halogens is 6. The molecule has 1 aliphatic carbocycles. The van der Waals surface area contributed by atoms with Gasteiger partial charge in [-0.1, -0.05) is 127 Å². The first-order valence-electron chi connectivity index (χ1n) is 15.1. The van der Waals surface area contributed by atoms with Gasteiger partial charge in [0.15, 0.2) is 0 Å². The minimum atomic E-state index is -5.62. The molecule has 6 heteroatoms. The summed E-state index contributed by atoms with van der Waals surface area (Å²) in [5.41, 5.74) is 3.52. The molecule has 0 fully saturated rings. The molecule has 1 aliphatic rings. The van der Waals surface area contributed by atoms with Crippen molar-refractivity contribution in [2.24, 2.45) is 0 Å². The van der Waals surface area contributed by atoms with Crippen LogP contribution in [0.4, 0.5) is 26.3 Å². The van der Waals surface area contributed by atoms with Gasteiger partial charge in [0, 0.05) is 11.1 Å². The zero-order chi connectivity index (χ0) is 32.6. The van der Waals surface area contributed by atoms with E-state index in [2.05, 4.69) is 0 Å². The number of hydrogen-bond acceptors (Lipinski definition) is 0. The van der Waals surface area contributed by atoms with Crippen molar-refractivity contribution in [1.29, 1.82) is 0 Å². The summed E-state index contributed by atoms with van der Waals surface area (Å²) in [7, 11) is 0. The lowest BCUT2D eigenvalue weighted by Gasteiger charge is -2.23. The van der Waals surface area contributed by atoms with E-state index >= 15 is 26.3 Å². The number of rotatable bonds is 4. The molecule has 0 amide bonds. The van der Waals surface area contributed by atoms with E-state index in [1.807, 2.05) is 103 Å². The van der Waals surface area contributed by atoms with Crippen molar-refractivity contribution in [3.63, 3.8) is 0 Å². The second kappa shape index (κ2) is 10.3. The molecule has 47 heavy (non-hydrogen) atoms. The van der Waals surface area contributed by atoms with Crippen LogP contribution < -0.4 is 0 Å². The Hall–Kier alpha value is -5.36. The molecule has 0 unspecified atom stereocenters. The number of alkyl halides is 6. The number of fused-ring (bicyclic) bond motifs is 6. The van der Waals surface area contributed by atoms with E-state index in [4.69, 9.17) is 0 Å². The van der Waals surface area contributed by atoms with E-state index in [0.29, 0.717) is 16.7 Å². The fourth-order valence-electron chi connectivity index (χ4n) is 6.88.